The Bertz CT molecular complexity index is 705. The molecule has 1 N–H and O–H groups in total. The maximum absolute atomic E-state index is 12.5. The van der Waals surface area contributed by atoms with Crippen LogP contribution in [0.5, 0.6) is 0 Å². The third kappa shape index (κ3) is 2.20. The van der Waals surface area contributed by atoms with E-state index in [4.69, 9.17) is 4.42 Å². The number of imide groups is 1. The van der Waals surface area contributed by atoms with Gasteiger partial charge in [0, 0.05) is 18.7 Å². The van der Waals surface area contributed by atoms with Crippen LogP contribution in [0.25, 0.3) is 0 Å². The molecule has 2 bridgehead atoms. The van der Waals surface area contributed by atoms with Gasteiger partial charge in [0.25, 0.3) is 5.91 Å². The monoisotopic (exact) mass is 328 g/mol. The maximum atomic E-state index is 12.5. The summed E-state index contributed by atoms with van der Waals surface area (Å²) in [5, 5.41) is 2.77. The Morgan fingerprint density at radius 1 is 1.25 bits per heavy atom. The Hall–Kier alpha value is -2.37. The molecule has 126 valence electrons. The first-order chi connectivity index (χ1) is 11.6. The summed E-state index contributed by atoms with van der Waals surface area (Å²) < 4.78 is 5.13. The number of allylic oxidation sites excluding steroid dienone is 2. The number of likely N-dealkylation sites (tertiary alicyclic amines) is 1. The topological polar surface area (TPSA) is 79.6 Å². The van der Waals surface area contributed by atoms with Crippen molar-refractivity contribution in [3.05, 3.63) is 35.8 Å². The standard InChI is InChI=1S/C18H20N2O4/c1-10-5-8-24-15(10)16(21)19-6-2-7-20-17(22)13-11-3-4-12(9-11)14(13)18(20)23/h3-5,8,11-14H,2,6-7,9H2,1H3,(H,19,21)/t11-,12-,13+,14+/m0/s1. The van der Waals surface area contributed by atoms with Crippen LogP contribution in [0.2, 0.25) is 0 Å². The van der Waals surface area contributed by atoms with Crippen LogP contribution < -0.4 is 5.32 Å². The van der Waals surface area contributed by atoms with Crippen molar-refractivity contribution in [3.8, 4) is 0 Å². The number of aryl methyl sites for hydroxylation is 1. The average Bonchev–Trinajstić information content (AvgIpc) is 3.31. The van der Waals surface area contributed by atoms with E-state index in [1.165, 1.54) is 11.2 Å². The molecule has 3 aliphatic rings. The van der Waals surface area contributed by atoms with Gasteiger partial charge >= 0.3 is 0 Å². The quantitative estimate of drug-likeness (QED) is 0.505. The summed E-state index contributed by atoms with van der Waals surface area (Å²) in [5.41, 5.74) is 0.785. The second-order valence-electron chi connectivity index (χ2n) is 6.87. The molecule has 6 nitrogen and oxygen atoms in total. The number of furan rings is 1. The average molecular weight is 328 g/mol. The van der Waals surface area contributed by atoms with Gasteiger partial charge in [-0.05, 0) is 37.7 Å². The van der Waals surface area contributed by atoms with Crippen molar-refractivity contribution in [2.75, 3.05) is 13.1 Å². The Balaban J connectivity index is 1.30. The number of hydrogen-bond donors (Lipinski definition) is 1. The number of carbonyl (C=O) groups excluding carboxylic acids is 3. The lowest BCUT2D eigenvalue weighted by molar-refractivity contribution is -0.140. The molecule has 1 aromatic rings. The van der Waals surface area contributed by atoms with Crippen LogP contribution in [0, 0.1) is 30.6 Å². The van der Waals surface area contributed by atoms with Gasteiger partial charge in [-0.25, -0.2) is 0 Å². The second-order valence-corrected chi connectivity index (χ2v) is 6.87. The highest BCUT2D eigenvalue weighted by atomic mass is 16.3. The van der Waals surface area contributed by atoms with E-state index in [0.29, 0.717) is 25.3 Å². The first-order valence-electron chi connectivity index (χ1n) is 8.44. The van der Waals surface area contributed by atoms with Crippen LogP contribution in [0.15, 0.2) is 28.9 Å². The number of amides is 3. The molecular formula is C18H20N2O4. The van der Waals surface area contributed by atoms with Gasteiger partial charge in [-0.1, -0.05) is 12.2 Å². The zero-order valence-electron chi connectivity index (χ0n) is 13.5. The lowest BCUT2D eigenvalue weighted by atomic mass is 9.85. The molecule has 4 rings (SSSR count). The van der Waals surface area contributed by atoms with Crippen LogP contribution in [0.4, 0.5) is 0 Å². The van der Waals surface area contributed by atoms with E-state index in [0.717, 1.165) is 12.0 Å². The fraction of sp³-hybridized carbons (Fsp3) is 0.500. The molecule has 0 radical (unpaired) electrons. The van der Waals surface area contributed by atoms with Gasteiger partial charge in [0.15, 0.2) is 5.76 Å². The minimum absolute atomic E-state index is 0.0324. The van der Waals surface area contributed by atoms with Gasteiger partial charge in [0.2, 0.25) is 11.8 Å². The van der Waals surface area contributed by atoms with Crippen molar-refractivity contribution in [3.63, 3.8) is 0 Å². The molecule has 24 heavy (non-hydrogen) atoms. The van der Waals surface area contributed by atoms with E-state index < -0.39 is 0 Å². The molecule has 1 saturated carbocycles. The van der Waals surface area contributed by atoms with E-state index in [-0.39, 0.29) is 41.4 Å². The van der Waals surface area contributed by atoms with Crippen LogP contribution in [0.3, 0.4) is 0 Å². The van der Waals surface area contributed by atoms with Gasteiger partial charge in [0.1, 0.15) is 0 Å². The molecule has 0 unspecified atom stereocenters. The van der Waals surface area contributed by atoms with Crippen molar-refractivity contribution >= 4 is 17.7 Å². The molecule has 0 aromatic carbocycles. The van der Waals surface area contributed by atoms with Crippen molar-refractivity contribution in [2.45, 2.75) is 19.8 Å². The van der Waals surface area contributed by atoms with E-state index in [2.05, 4.69) is 17.5 Å². The summed E-state index contributed by atoms with van der Waals surface area (Å²) in [5.74, 6) is 0.160. The SMILES string of the molecule is Cc1ccoc1C(=O)NCCCN1C(=O)[C@H]2[C@H](C1=O)[C@H]1C=C[C@H]2C1. The number of nitrogens with one attached hydrogen (secondary N) is 1. The molecule has 1 aliphatic heterocycles. The number of rotatable bonds is 5. The molecule has 1 aromatic heterocycles. The summed E-state index contributed by atoms with van der Waals surface area (Å²) in [6.07, 6.45) is 7.15. The van der Waals surface area contributed by atoms with Crippen LogP contribution in [-0.2, 0) is 9.59 Å². The lowest BCUT2D eigenvalue weighted by Crippen LogP contribution is -2.35. The minimum Gasteiger partial charge on any atom is -0.459 e. The largest absolute Gasteiger partial charge is 0.459 e. The normalized spacial score (nSPS) is 30.3. The predicted molar refractivity (Wildman–Crippen MR) is 84.8 cm³/mol. The predicted octanol–water partition coefficient (Wildman–Crippen LogP) is 1.52. The van der Waals surface area contributed by atoms with Crippen LogP contribution >= 0.6 is 0 Å². The highest BCUT2D eigenvalue weighted by molar-refractivity contribution is 6.06. The van der Waals surface area contributed by atoms with E-state index in [1.807, 2.05) is 0 Å². The second kappa shape index (κ2) is 5.61. The van der Waals surface area contributed by atoms with Crippen molar-refractivity contribution in [2.24, 2.45) is 23.7 Å². The van der Waals surface area contributed by atoms with Crippen molar-refractivity contribution in [1.82, 2.24) is 10.2 Å². The number of fused-ring (bicyclic) bond motifs is 5. The molecule has 2 fully saturated rings. The molecule has 0 spiro atoms. The third-order valence-corrected chi connectivity index (χ3v) is 5.47. The summed E-state index contributed by atoms with van der Waals surface area (Å²) in [6.45, 7) is 2.57. The molecule has 1 saturated heterocycles. The summed E-state index contributed by atoms with van der Waals surface area (Å²) in [6, 6.07) is 1.73. The highest BCUT2D eigenvalue weighted by Gasteiger charge is 2.58. The number of carbonyl (C=O) groups is 3. The molecule has 6 heteroatoms. The van der Waals surface area contributed by atoms with Crippen molar-refractivity contribution in [1.29, 1.82) is 0 Å². The van der Waals surface area contributed by atoms with Crippen LogP contribution in [-0.4, -0.2) is 35.7 Å². The molecule has 2 aliphatic carbocycles. The molecule has 2 heterocycles. The van der Waals surface area contributed by atoms with Gasteiger partial charge in [0.05, 0.1) is 18.1 Å². The Morgan fingerprint density at radius 3 is 2.50 bits per heavy atom. The van der Waals surface area contributed by atoms with Gasteiger partial charge in [-0.2, -0.15) is 0 Å². The summed E-state index contributed by atoms with van der Waals surface area (Å²) in [4.78, 5) is 38.4. The van der Waals surface area contributed by atoms with E-state index >= 15 is 0 Å². The molecule has 4 atom stereocenters. The molecular weight excluding hydrogens is 308 g/mol. The van der Waals surface area contributed by atoms with Crippen LogP contribution in [0.1, 0.15) is 29.0 Å². The lowest BCUT2D eigenvalue weighted by Gasteiger charge is -2.17. The fourth-order valence-electron chi connectivity index (χ4n) is 4.31. The van der Waals surface area contributed by atoms with Gasteiger partial charge < -0.3 is 9.73 Å². The fourth-order valence-corrected chi connectivity index (χ4v) is 4.31. The number of nitrogens with zero attached hydrogens (tertiary/aromatic N) is 1. The maximum Gasteiger partial charge on any atom is 0.287 e. The Kier molecular flexibility index (Phi) is 3.55. The first kappa shape index (κ1) is 15.2. The zero-order valence-corrected chi connectivity index (χ0v) is 13.5. The third-order valence-electron chi connectivity index (χ3n) is 5.47. The summed E-state index contributed by atoms with van der Waals surface area (Å²) >= 11 is 0. The van der Waals surface area contributed by atoms with Crippen molar-refractivity contribution < 1.29 is 18.8 Å². The smallest absolute Gasteiger partial charge is 0.287 e. The first-order valence-corrected chi connectivity index (χ1v) is 8.44. The Labute approximate surface area is 139 Å². The highest BCUT2D eigenvalue weighted by Crippen LogP contribution is 2.52. The zero-order chi connectivity index (χ0) is 16.8. The Morgan fingerprint density at radius 2 is 1.92 bits per heavy atom. The van der Waals surface area contributed by atoms with Gasteiger partial charge in [-0.3, -0.25) is 19.3 Å². The molecule has 3 amide bonds. The van der Waals surface area contributed by atoms with E-state index in [1.54, 1.807) is 13.0 Å². The summed E-state index contributed by atoms with van der Waals surface area (Å²) in [7, 11) is 0. The number of hydrogen-bond acceptors (Lipinski definition) is 4. The van der Waals surface area contributed by atoms with E-state index in [9.17, 15) is 14.4 Å². The van der Waals surface area contributed by atoms with Gasteiger partial charge in [-0.15, -0.1) is 0 Å². The minimum atomic E-state index is -0.268.